The van der Waals surface area contributed by atoms with Crippen LogP contribution in [0.1, 0.15) is 157 Å². The minimum absolute atomic E-state index is 0.00166. The van der Waals surface area contributed by atoms with E-state index in [9.17, 15) is 62.3 Å². The molecule has 0 bridgehead atoms. The normalized spacial score (nSPS) is 25.4. The fourth-order valence-electron chi connectivity index (χ4n) is 12.9. The monoisotopic (exact) mass is 1500 g/mol. The minimum Gasteiger partial charge on any atom is -0.454 e. The molecule has 12 atom stereocenters. The van der Waals surface area contributed by atoms with Crippen LogP contribution in [0.15, 0.2) is 96.1 Å². The number of ketones is 3. The van der Waals surface area contributed by atoms with Crippen molar-refractivity contribution in [3.8, 4) is 0 Å². The smallest absolute Gasteiger partial charge is 0.329 e. The van der Waals surface area contributed by atoms with Crippen LogP contribution < -0.4 is 21.3 Å². The molecule has 3 aromatic carbocycles. The molecule has 0 aromatic heterocycles. The molecule has 2 heterocycles. The molecule has 0 aliphatic carbocycles. The van der Waals surface area contributed by atoms with Crippen molar-refractivity contribution in [3.63, 3.8) is 0 Å². The van der Waals surface area contributed by atoms with Crippen molar-refractivity contribution in [3.05, 3.63) is 118 Å². The number of hydrogen-bond donors (Lipinski definition) is 4. The molecule has 0 radical (unpaired) electrons. The number of likely N-dealkylation sites (N-methyl/N-ethyl adjacent to an activating group) is 4. The highest BCUT2D eigenvalue weighted by Crippen LogP contribution is 2.36. The summed E-state index contributed by atoms with van der Waals surface area (Å²) in [6, 6.07) is 15.8. The number of amides is 9. The second-order valence-corrected chi connectivity index (χ2v) is 33.2. The minimum atomic E-state index is -1.28. The van der Waals surface area contributed by atoms with E-state index in [-0.39, 0.29) is 86.8 Å². The molecule has 2 aliphatic heterocycles. The molecule has 3 aromatic rings. The lowest BCUT2D eigenvalue weighted by molar-refractivity contribution is -0.156. The number of esters is 1. The van der Waals surface area contributed by atoms with E-state index < -0.39 is 168 Å². The Morgan fingerprint density at radius 2 is 1.08 bits per heavy atom. The van der Waals surface area contributed by atoms with Crippen molar-refractivity contribution in [2.24, 2.45) is 34.7 Å². The van der Waals surface area contributed by atoms with Gasteiger partial charge in [-0.3, -0.25) is 57.5 Å². The summed E-state index contributed by atoms with van der Waals surface area (Å²) in [7, 11) is 8.51. The number of nitrogens with one attached hydrogen (secondary N) is 4. The van der Waals surface area contributed by atoms with E-state index in [1.807, 2.05) is 48.5 Å². The number of rotatable bonds is 18. The number of carbonyl (C=O) groups is 13. The third kappa shape index (κ3) is 27.3. The first-order valence-corrected chi connectivity index (χ1v) is 39.1. The van der Waals surface area contributed by atoms with Crippen molar-refractivity contribution in [1.82, 2.24) is 45.8 Å². The number of Topliss-reactive ketones (excluding diaryl/α,β-unsaturated/α-hetero) is 3. The van der Waals surface area contributed by atoms with Gasteiger partial charge in [-0.05, 0) is 106 Å². The van der Waals surface area contributed by atoms with Gasteiger partial charge in [0.05, 0.1) is 18.1 Å². The molecule has 2 fully saturated rings. The number of unbranched alkanes of at least 4 members (excludes halogenated alkanes) is 1. The Balaban J connectivity index is 1.58. The molecular weight excluding hydrogens is 1390 g/mol. The fraction of sp³-hybridized carbons (Fsp3) is 0.603. The van der Waals surface area contributed by atoms with E-state index >= 15 is 0 Å². The number of azide groups is 1. The van der Waals surface area contributed by atoms with Gasteiger partial charge in [-0.1, -0.05) is 180 Å². The van der Waals surface area contributed by atoms with Crippen LogP contribution in [0.25, 0.3) is 10.4 Å². The molecule has 106 heavy (non-hydrogen) atoms. The second-order valence-electron chi connectivity index (χ2n) is 30.0. The number of carbonyl (C=O) groups excluding carboxylic acids is 13. The van der Waals surface area contributed by atoms with Crippen LogP contribution in [-0.2, 0) is 86.3 Å². The van der Waals surface area contributed by atoms with Gasteiger partial charge >= 0.3 is 5.97 Å². The topological polar surface area (TPSA) is 344 Å². The predicted octanol–water partition coefficient (Wildman–Crippen LogP) is 8.07. The zero-order chi connectivity index (χ0) is 78.7. The van der Waals surface area contributed by atoms with E-state index in [1.165, 1.54) is 95.0 Å². The lowest BCUT2D eigenvalue weighted by Gasteiger charge is -2.36. The molecular formula is C78H112N12O14S2. The first-order valence-electron chi connectivity index (χ1n) is 36.8. The first kappa shape index (κ1) is 88.0. The Labute approximate surface area is 632 Å². The third-order valence-electron chi connectivity index (χ3n) is 19.3. The zero-order valence-electron chi connectivity index (χ0n) is 64.4. The first-order chi connectivity index (χ1) is 50.0. The van der Waals surface area contributed by atoms with E-state index in [4.69, 9.17) is 10.3 Å². The molecule has 9 amide bonds. The summed E-state index contributed by atoms with van der Waals surface area (Å²) in [4.78, 5) is 200. The molecule has 28 heteroatoms. The van der Waals surface area contributed by atoms with E-state index in [0.29, 0.717) is 36.0 Å². The van der Waals surface area contributed by atoms with Gasteiger partial charge in [-0.2, -0.15) is 0 Å². The summed E-state index contributed by atoms with van der Waals surface area (Å²) in [5, 5.41) is 14.9. The Bertz CT molecular complexity index is 3560. The average molecular weight is 1510 g/mol. The number of hydrogen-bond acceptors (Lipinski definition) is 17. The van der Waals surface area contributed by atoms with Crippen LogP contribution in [0.2, 0.25) is 0 Å². The zero-order valence-corrected chi connectivity index (χ0v) is 66.0. The Kier molecular flexibility index (Phi) is 35.4. The molecule has 0 saturated carbocycles. The van der Waals surface area contributed by atoms with Crippen LogP contribution in [0.4, 0.5) is 0 Å². The summed E-state index contributed by atoms with van der Waals surface area (Å²) < 4.78 is 5.37. The number of cyclic esters (lactones) is 1. The SMILES string of the molecule is CC(C)C[C@@H]1NC(=O)[C@H](CCCCN=[N+]=[N-])CC(=O)[C@H](Cc2ccccc2)NC(=O)COC(=O)[C@@H]2CCCN2C(=O)[C@H](CSSC(C)(C)C)NC(=O)[C@H](Cc2ccccc2)CC(=O)[C@H](C)NC(=O)[C@H](C)N(C)C(=O)[C@H](Cc2ccccc2)N(C)C(=O)[C@H](C)CC(=O)[C@H](CC(C)C)N(C)C(=O)[C@H](C)N(C)C1=O. The number of ether oxygens (including phenoxy) is 1. The fourth-order valence-corrected chi connectivity index (χ4v) is 15.4. The maximum atomic E-state index is 15.0. The molecule has 2 aliphatic rings. The lowest BCUT2D eigenvalue weighted by Crippen LogP contribution is -2.57. The number of nitrogens with zero attached hydrogens (tertiary/aromatic N) is 8. The summed E-state index contributed by atoms with van der Waals surface area (Å²) >= 11 is 0. The third-order valence-corrected chi connectivity index (χ3v) is 22.7. The average Bonchev–Trinajstić information content (AvgIpc) is 1.30. The van der Waals surface area contributed by atoms with Crippen LogP contribution in [0, 0.1) is 29.6 Å². The summed E-state index contributed by atoms with van der Waals surface area (Å²) in [5.74, 6) is -12.0. The van der Waals surface area contributed by atoms with Gasteiger partial charge in [0, 0.05) is 100 Å². The largest absolute Gasteiger partial charge is 0.454 e. The van der Waals surface area contributed by atoms with Crippen molar-refractivity contribution >= 4 is 98.1 Å². The van der Waals surface area contributed by atoms with Crippen molar-refractivity contribution in [2.75, 3.05) is 53.6 Å². The quantitative estimate of drug-likeness (QED) is 0.0233. The summed E-state index contributed by atoms with van der Waals surface area (Å²) in [6.07, 6.45) is 0.305. The highest BCUT2D eigenvalue weighted by atomic mass is 33.1. The van der Waals surface area contributed by atoms with Crippen LogP contribution in [-0.4, -0.2) is 214 Å². The van der Waals surface area contributed by atoms with Gasteiger partial charge in [0.25, 0.3) is 5.91 Å². The van der Waals surface area contributed by atoms with Crippen LogP contribution in [0.3, 0.4) is 0 Å². The van der Waals surface area contributed by atoms with Gasteiger partial charge in [-0.15, -0.1) is 0 Å². The molecule has 4 N–H and O–H groups in total. The molecule has 5 rings (SSSR count). The lowest BCUT2D eigenvalue weighted by atomic mass is 9.90. The van der Waals surface area contributed by atoms with Crippen LogP contribution >= 0.6 is 21.6 Å². The molecule has 0 unspecified atom stereocenters. The van der Waals surface area contributed by atoms with Crippen LogP contribution in [0.5, 0.6) is 0 Å². The Hall–Kier alpha value is -8.62. The van der Waals surface area contributed by atoms with Gasteiger partial charge in [-0.25, -0.2) is 4.79 Å². The van der Waals surface area contributed by atoms with E-state index in [1.54, 1.807) is 97.9 Å². The number of benzene rings is 3. The van der Waals surface area contributed by atoms with Gasteiger partial charge < -0.3 is 50.5 Å². The Morgan fingerprint density at radius 1 is 0.547 bits per heavy atom. The van der Waals surface area contributed by atoms with E-state index in [2.05, 4.69) is 31.3 Å². The standard InChI is InChI=1S/C78H112N12O14S2/c1-48(2)38-60-74(100)87(13)53(8)73(99)88(14)63(39-49(3)4)67(93)40-50(5)72(98)89(15)64(43-56-32-23-18-24-33-56)76(102)86(12)52(7)69(95)81-51(6)65(91)45-58(41-54-28-19-16-20-29-54)71(97)84-61(47-105-106-78(9,10)11)75(101)90-37-27-35-62(90)77(103)104-46-68(94)82-59(42-55-30-21-17-22-31-55)66(92)44-57(70(96)83-60)34-25-26-36-80-85-79/h16-24,28-33,48-53,57-64H,25-27,34-47H2,1-15H3,(H,81,95)(H,82,94)(H,83,96)(H,84,97)/t50-,51+,52+,53+,57-,58-,59+,60+,61+,62+,63+,64+/m1/s1. The molecule has 2 saturated heterocycles. The highest BCUT2D eigenvalue weighted by Gasteiger charge is 2.43. The van der Waals surface area contributed by atoms with Crippen molar-refractivity contribution in [1.29, 1.82) is 0 Å². The van der Waals surface area contributed by atoms with Gasteiger partial charge in [0.2, 0.25) is 47.3 Å². The molecule has 580 valence electrons. The van der Waals surface area contributed by atoms with Gasteiger partial charge in [0.15, 0.2) is 24.0 Å². The number of fused-ring (bicyclic) bond motifs is 1. The summed E-state index contributed by atoms with van der Waals surface area (Å²) in [6.45, 7) is 18.7. The maximum absolute atomic E-state index is 15.0. The maximum Gasteiger partial charge on any atom is 0.329 e. The predicted molar refractivity (Wildman–Crippen MR) is 409 cm³/mol. The van der Waals surface area contributed by atoms with Gasteiger partial charge in [0.1, 0.15) is 36.3 Å². The highest BCUT2D eigenvalue weighted by molar-refractivity contribution is 8.77. The van der Waals surface area contributed by atoms with Crippen molar-refractivity contribution in [2.45, 2.75) is 219 Å². The second kappa shape index (κ2) is 42.7. The van der Waals surface area contributed by atoms with E-state index in [0.717, 1.165) is 0 Å². The molecule has 26 nitrogen and oxygen atoms in total. The van der Waals surface area contributed by atoms with Crippen molar-refractivity contribution < 1.29 is 67.1 Å². The Morgan fingerprint density at radius 3 is 1.66 bits per heavy atom. The molecule has 0 spiro atoms. The summed E-state index contributed by atoms with van der Waals surface area (Å²) in [5.41, 5.74) is 11.1.